The lowest BCUT2D eigenvalue weighted by molar-refractivity contribution is -0.173. The zero-order valence-corrected chi connectivity index (χ0v) is 12.8. The van der Waals surface area contributed by atoms with Gasteiger partial charge in [0.1, 0.15) is 0 Å². The lowest BCUT2D eigenvalue weighted by atomic mass is 9.95. The summed E-state index contributed by atoms with van der Waals surface area (Å²) in [6.45, 7) is 9.16. The molecule has 4 nitrogen and oxygen atoms in total. The highest BCUT2D eigenvalue weighted by atomic mass is 19.4. The third-order valence-corrected chi connectivity index (χ3v) is 3.82. The van der Waals surface area contributed by atoms with E-state index in [0.717, 1.165) is 6.61 Å². The van der Waals surface area contributed by atoms with Crippen molar-refractivity contribution in [3.05, 3.63) is 0 Å². The minimum absolute atomic E-state index is 0.387. The Morgan fingerprint density at radius 1 is 1.24 bits per heavy atom. The first kappa shape index (κ1) is 18.2. The summed E-state index contributed by atoms with van der Waals surface area (Å²) < 4.78 is 38.9. The first-order valence-corrected chi connectivity index (χ1v) is 7.30. The summed E-state index contributed by atoms with van der Waals surface area (Å²) in [6, 6.07) is 0. The number of rotatable bonds is 5. The van der Waals surface area contributed by atoms with Crippen LogP contribution in [0.1, 0.15) is 39.5 Å². The molecule has 0 aromatic carbocycles. The van der Waals surface area contributed by atoms with Gasteiger partial charge in [0.2, 0.25) is 6.61 Å². The van der Waals surface area contributed by atoms with Crippen LogP contribution in [-0.2, 0) is 9.57 Å². The third kappa shape index (κ3) is 6.22. The van der Waals surface area contributed by atoms with Crippen LogP contribution in [0.25, 0.3) is 0 Å². The average molecular weight is 310 g/mol. The van der Waals surface area contributed by atoms with E-state index in [9.17, 15) is 13.2 Å². The van der Waals surface area contributed by atoms with Crippen molar-refractivity contribution in [1.82, 2.24) is 4.90 Å². The summed E-state index contributed by atoms with van der Waals surface area (Å²) >= 11 is 0. The largest absolute Gasteiger partial charge is 0.425 e. The van der Waals surface area contributed by atoms with Crippen LogP contribution in [0.5, 0.6) is 0 Å². The number of hydrogen-bond donors (Lipinski definition) is 0. The van der Waals surface area contributed by atoms with Crippen molar-refractivity contribution in [3.8, 4) is 0 Å². The van der Waals surface area contributed by atoms with Crippen LogP contribution >= 0.6 is 0 Å². The van der Waals surface area contributed by atoms with Crippen molar-refractivity contribution in [3.63, 3.8) is 0 Å². The lowest BCUT2D eigenvalue weighted by Crippen LogP contribution is -2.43. The lowest BCUT2D eigenvalue weighted by Gasteiger charge is -2.32. The zero-order chi connectivity index (χ0) is 15.9. The molecule has 0 radical (unpaired) electrons. The molecule has 0 aromatic rings. The van der Waals surface area contributed by atoms with Gasteiger partial charge in [0.15, 0.2) is 0 Å². The summed E-state index contributed by atoms with van der Waals surface area (Å²) in [4.78, 5) is 6.24. The van der Waals surface area contributed by atoms with E-state index in [1.54, 1.807) is 0 Å². The average Bonchev–Trinajstić information content (AvgIpc) is 2.93. The molecule has 2 aliphatic rings. The van der Waals surface area contributed by atoms with E-state index < -0.39 is 12.8 Å². The molecule has 0 spiro atoms. The number of fused-ring (bicyclic) bond motifs is 1. The number of oxime groups is 1. The number of halogens is 3. The quantitative estimate of drug-likeness (QED) is 0.577. The maximum atomic E-state index is 11.0. The van der Waals surface area contributed by atoms with Gasteiger partial charge in [-0.25, -0.2) is 0 Å². The first-order valence-electron chi connectivity index (χ1n) is 7.30. The predicted octanol–water partition coefficient (Wildman–Crippen LogP) is 3.22. The molecular weight excluding hydrogens is 285 g/mol. The normalized spacial score (nSPS) is 20.9. The Morgan fingerprint density at radius 2 is 1.81 bits per heavy atom. The van der Waals surface area contributed by atoms with Gasteiger partial charge in [-0.1, -0.05) is 0 Å². The van der Waals surface area contributed by atoms with Gasteiger partial charge in [0.25, 0.3) is 0 Å². The monoisotopic (exact) mass is 310 g/mol. The molecule has 2 saturated heterocycles. The van der Waals surface area contributed by atoms with Crippen LogP contribution in [0.2, 0.25) is 0 Å². The maximum Gasteiger partial charge on any atom is 0.425 e. The van der Waals surface area contributed by atoms with Crippen LogP contribution in [0.3, 0.4) is 0 Å². The van der Waals surface area contributed by atoms with Gasteiger partial charge >= 0.3 is 6.18 Å². The second-order valence-corrected chi connectivity index (χ2v) is 5.80. The van der Waals surface area contributed by atoms with E-state index in [2.05, 4.69) is 35.5 Å². The molecule has 2 aliphatic heterocycles. The molecule has 0 unspecified atom stereocenters. The van der Waals surface area contributed by atoms with Gasteiger partial charge in [-0.15, -0.1) is 5.16 Å². The van der Waals surface area contributed by atoms with Crippen molar-refractivity contribution < 1.29 is 22.7 Å². The number of nitrogens with zero attached hydrogens (tertiary/aromatic N) is 2. The third-order valence-electron chi connectivity index (χ3n) is 3.82. The molecule has 0 amide bonds. The summed E-state index contributed by atoms with van der Waals surface area (Å²) in [7, 11) is 0. The van der Waals surface area contributed by atoms with Gasteiger partial charge in [0, 0.05) is 12.3 Å². The maximum absolute atomic E-state index is 11.0. The molecule has 0 atom stereocenters. The van der Waals surface area contributed by atoms with Crippen molar-refractivity contribution in [2.75, 3.05) is 26.3 Å². The highest BCUT2D eigenvalue weighted by molar-refractivity contribution is 5.21. The van der Waals surface area contributed by atoms with Crippen molar-refractivity contribution in [1.29, 1.82) is 0 Å². The topological polar surface area (TPSA) is 34.1 Å². The SMILES string of the molecule is C=NOCC(F)(F)F.CC(C)OCC12CCCN1CCC2. The Morgan fingerprint density at radius 3 is 2.19 bits per heavy atom. The van der Waals surface area contributed by atoms with Crippen LogP contribution in [-0.4, -0.2) is 55.7 Å². The van der Waals surface area contributed by atoms with Gasteiger partial charge < -0.3 is 9.57 Å². The van der Waals surface area contributed by atoms with Crippen LogP contribution in [0.4, 0.5) is 13.2 Å². The summed E-state index contributed by atoms with van der Waals surface area (Å²) in [5.41, 5.74) is 0.449. The number of alkyl halides is 3. The van der Waals surface area contributed by atoms with Crippen LogP contribution in [0, 0.1) is 0 Å². The van der Waals surface area contributed by atoms with E-state index in [1.165, 1.54) is 38.8 Å². The molecule has 0 aromatic heterocycles. The van der Waals surface area contributed by atoms with E-state index in [1.807, 2.05) is 0 Å². The van der Waals surface area contributed by atoms with Crippen molar-refractivity contribution >= 4 is 6.72 Å². The second-order valence-electron chi connectivity index (χ2n) is 5.80. The van der Waals surface area contributed by atoms with Crippen LogP contribution < -0.4 is 0 Å². The van der Waals surface area contributed by atoms with E-state index in [0.29, 0.717) is 11.6 Å². The van der Waals surface area contributed by atoms with E-state index >= 15 is 0 Å². The fraction of sp³-hybridized carbons (Fsp3) is 0.929. The molecule has 0 aliphatic carbocycles. The second kappa shape index (κ2) is 7.98. The van der Waals surface area contributed by atoms with E-state index in [-0.39, 0.29) is 0 Å². The molecular formula is C14H25F3N2O2. The zero-order valence-electron chi connectivity index (χ0n) is 12.8. The standard InChI is InChI=1S/C11H21NO.C3H4F3NO/c1-10(2)13-9-11-5-3-7-12(11)8-4-6-11;1-7-8-2-3(4,5)6/h10H,3-9H2,1-2H3;1-2H2. The molecule has 2 rings (SSSR count). The predicted molar refractivity (Wildman–Crippen MR) is 75.4 cm³/mol. The molecule has 7 heteroatoms. The minimum atomic E-state index is -4.30. The summed E-state index contributed by atoms with van der Waals surface area (Å²) in [5.74, 6) is 0. The molecule has 2 fully saturated rings. The summed E-state index contributed by atoms with van der Waals surface area (Å²) in [5, 5.41) is 2.55. The minimum Gasteiger partial charge on any atom is -0.387 e. The number of ether oxygens (including phenoxy) is 1. The van der Waals surface area contributed by atoms with Gasteiger partial charge in [-0.2, -0.15) is 13.2 Å². The molecule has 124 valence electrons. The fourth-order valence-electron chi connectivity index (χ4n) is 2.90. The van der Waals surface area contributed by atoms with Crippen molar-refractivity contribution in [2.24, 2.45) is 5.16 Å². The molecule has 21 heavy (non-hydrogen) atoms. The first-order chi connectivity index (χ1) is 9.79. The Hall–Kier alpha value is -0.820. The van der Waals surface area contributed by atoms with Gasteiger partial charge in [0.05, 0.1) is 12.7 Å². The Balaban J connectivity index is 0.000000240. The van der Waals surface area contributed by atoms with Gasteiger partial charge in [-0.3, -0.25) is 4.90 Å². The van der Waals surface area contributed by atoms with E-state index in [4.69, 9.17) is 4.74 Å². The van der Waals surface area contributed by atoms with Crippen LogP contribution in [0.15, 0.2) is 5.16 Å². The Labute approximate surface area is 124 Å². The Kier molecular flexibility index (Phi) is 6.93. The molecule has 2 heterocycles. The van der Waals surface area contributed by atoms with Crippen molar-refractivity contribution in [2.45, 2.75) is 57.3 Å². The Bertz CT molecular complexity index is 312. The summed E-state index contributed by atoms with van der Waals surface area (Å²) in [6.07, 6.45) is 1.56. The molecule has 0 saturated carbocycles. The highest BCUT2D eigenvalue weighted by Crippen LogP contribution is 2.38. The molecule has 0 bridgehead atoms. The molecule has 0 N–H and O–H groups in total. The fourth-order valence-corrected chi connectivity index (χ4v) is 2.90. The number of hydrogen-bond acceptors (Lipinski definition) is 4. The highest BCUT2D eigenvalue weighted by Gasteiger charge is 2.44. The van der Waals surface area contributed by atoms with Gasteiger partial charge in [-0.05, 0) is 52.6 Å². The smallest absolute Gasteiger partial charge is 0.387 e.